The maximum atomic E-state index is 13.6. The number of halogens is 3. The highest BCUT2D eigenvalue weighted by Crippen LogP contribution is 2.32. The normalized spacial score (nSPS) is 10.7. The van der Waals surface area contributed by atoms with Gasteiger partial charge in [0.1, 0.15) is 10.8 Å². The lowest BCUT2D eigenvalue weighted by atomic mass is 10.2. The lowest BCUT2D eigenvalue weighted by Gasteiger charge is -2.01. The molecule has 16 heavy (non-hydrogen) atoms. The Balaban J connectivity index is 2.42. The number of rotatable bonds is 3. The predicted octanol–water partition coefficient (Wildman–Crippen LogP) is 4.38. The summed E-state index contributed by atoms with van der Waals surface area (Å²) >= 11 is 12.9. The molecule has 2 rings (SSSR count). The predicted molar refractivity (Wildman–Crippen MR) is 66.9 cm³/mol. The zero-order chi connectivity index (χ0) is 11.5. The molecular weight excluding hydrogens is 268 g/mol. The van der Waals surface area contributed by atoms with Gasteiger partial charge in [-0.05, 0) is 12.1 Å². The number of thiazole rings is 1. The summed E-state index contributed by atoms with van der Waals surface area (Å²) in [5, 5.41) is 2.86. The molecule has 1 aromatic heterocycles. The van der Waals surface area contributed by atoms with Gasteiger partial charge in [0.2, 0.25) is 0 Å². The SMILES string of the molecule is Fc1cccc(Cl)c1-c1nc(CCCl)cs1. The second kappa shape index (κ2) is 5.13. The number of hydrogen-bond acceptors (Lipinski definition) is 2. The van der Waals surface area contributed by atoms with Crippen LogP contribution in [0.3, 0.4) is 0 Å². The molecule has 0 amide bonds. The van der Waals surface area contributed by atoms with Crippen LogP contribution in [0.1, 0.15) is 5.69 Å². The number of benzene rings is 1. The second-order valence-electron chi connectivity index (χ2n) is 3.18. The van der Waals surface area contributed by atoms with Crippen molar-refractivity contribution in [3.8, 4) is 10.6 Å². The van der Waals surface area contributed by atoms with Gasteiger partial charge in [0.25, 0.3) is 0 Å². The van der Waals surface area contributed by atoms with Crippen molar-refractivity contribution in [1.82, 2.24) is 4.98 Å². The van der Waals surface area contributed by atoms with E-state index in [1.54, 1.807) is 12.1 Å². The number of aryl methyl sites for hydroxylation is 1. The Bertz CT molecular complexity index is 478. The largest absolute Gasteiger partial charge is 0.241 e. The van der Waals surface area contributed by atoms with Crippen molar-refractivity contribution in [3.05, 3.63) is 40.1 Å². The van der Waals surface area contributed by atoms with E-state index >= 15 is 0 Å². The van der Waals surface area contributed by atoms with Crippen LogP contribution in [-0.4, -0.2) is 10.9 Å². The Morgan fingerprint density at radius 3 is 2.88 bits per heavy atom. The molecule has 5 heteroatoms. The summed E-state index contributed by atoms with van der Waals surface area (Å²) in [4.78, 5) is 4.30. The van der Waals surface area contributed by atoms with Gasteiger partial charge in [0.05, 0.1) is 16.3 Å². The average molecular weight is 276 g/mol. The van der Waals surface area contributed by atoms with Crippen LogP contribution in [0.15, 0.2) is 23.6 Å². The van der Waals surface area contributed by atoms with Crippen molar-refractivity contribution in [2.75, 3.05) is 5.88 Å². The van der Waals surface area contributed by atoms with Crippen LogP contribution in [0, 0.1) is 5.82 Å². The van der Waals surface area contributed by atoms with Gasteiger partial charge in [0.15, 0.2) is 0 Å². The summed E-state index contributed by atoms with van der Waals surface area (Å²) in [5.41, 5.74) is 1.24. The van der Waals surface area contributed by atoms with Crippen LogP contribution < -0.4 is 0 Å². The van der Waals surface area contributed by atoms with E-state index in [-0.39, 0.29) is 5.82 Å². The van der Waals surface area contributed by atoms with E-state index in [1.165, 1.54) is 17.4 Å². The van der Waals surface area contributed by atoms with E-state index in [0.29, 0.717) is 27.9 Å². The van der Waals surface area contributed by atoms with Crippen LogP contribution in [-0.2, 0) is 6.42 Å². The highest BCUT2D eigenvalue weighted by molar-refractivity contribution is 7.13. The molecule has 1 aromatic carbocycles. The van der Waals surface area contributed by atoms with Gasteiger partial charge >= 0.3 is 0 Å². The Hall–Kier alpha value is -0.640. The van der Waals surface area contributed by atoms with Gasteiger partial charge in [-0.2, -0.15) is 0 Å². The fourth-order valence-corrected chi connectivity index (χ4v) is 2.75. The smallest absolute Gasteiger partial charge is 0.134 e. The van der Waals surface area contributed by atoms with Crippen molar-refractivity contribution < 1.29 is 4.39 Å². The fourth-order valence-electron chi connectivity index (χ4n) is 1.34. The molecule has 1 heterocycles. The minimum Gasteiger partial charge on any atom is -0.241 e. The summed E-state index contributed by atoms with van der Waals surface area (Å²) in [7, 11) is 0. The van der Waals surface area contributed by atoms with Crippen molar-refractivity contribution in [2.45, 2.75) is 6.42 Å². The van der Waals surface area contributed by atoms with Crippen molar-refractivity contribution in [3.63, 3.8) is 0 Å². The number of alkyl halides is 1. The highest BCUT2D eigenvalue weighted by atomic mass is 35.5. The third-order valence-electron chi connectivity index (χ3n) is 2.08. The Labute approximate surface area is 107 Å². The van der Waals surface area contributed by atoms with Gasteiger partial charge in [-0.1, -0.05) is 17.7 Å². The first-order valence-electron chi connectivity index (χ1n) is 4.67. The molecule has 0 radical (unpaired) electrons. The van der Waals surface area contributed by atoms with Crippen LogP contribution in [0.4, 0.5) is 4.39 Å². The van der Waals surface area contributed by atoms with Gasteiger partial charge in [-0.15, -0.1) is 22.9 Å². The average Bonchev–Trinajstić information content (AvgIpc) is 2.67. The Morgan fingerprint density at radius 1 is 1.38 bits per heavy atom. The van der Waals surface area contributed by atoms with Gasteiger partial charge < -0.3 is 0 Å². The van der Waals surface area contributed by atoms with Crippen LogP contribution >= 0.6 is 34.5 Å². The summed E-state index contributed by atoms with van der Waals surface area (Å²) in [6, 6.07) is 4.61. The number of hydrogen-bond donors (Lipinski definition) is 0. The quantitative estimate of drug-likeness (QED) is 0.758. The first kappa shape index (κ1) is 11.8. The standard InChI is InChI=1S/C11H8Cl2FNS/c12-5-4-7-6-16-11(15-7)10-8(13)2-1-3-9(10)14/h1-3,6H,4-5H2. The minimum absolute atomic E-state index is 0.348. The monoisotopic (exact) mass is 275 g/mol. The summed E-state index contributed by atoms with van der Waals surface area (Å²) in [6.07, 6.45) is 0.685. The molecule has 84 valence electrons. The van der Waals surface area contributed by atoms with Crippen molar-refractivity contribution in [2.24, 2.45) is 0 Å². The first-order chi connectivity index (χ1) is 7.72. The van der Waals surface area contributed by atoms with E-state index in [2.05, 4.69) is 4.98 Å². The third kappa shape index (κ3) is 2.37. The topological polar surface area (TPSA) is 12.9 Å². The molecule has 2 aromatic rings. The summed E-state index contributed by atoms with van der Waals surface area (Å²) < 4.78 is 13.6. The molecular formula is C11H8Cl2FNS. The zero-order valence-electron chi connectivity index (χ0n) is 8.21. The fraction of sp³-hybridized carbons (Fsp3) is 0.182. The van der Waals surface area contributed by atoms with E-state index in [9.17, 15) is 4.39 Å². The van der Waals surface area contributed by atoms with E-state index in [1.807, 2.05) is 5.38 Å². The molecule has 0 aliphatic carbocycles. The molecule has 0 spiro atoms. The van der Waals surface area contributed by atoms with E-state index in [4.69, 9.17) is 23.2 Å². The van der Waals surface area contributed by atoms with Crippen LogP contribution in [0.5, 0.6) is 0 Å². The van der Waals surface area contributed by atoms with Crippen molar-refractivity contribution >= 4 is 34.5 Å². The minimum atomic E-state index is -0.348. The molecule has 0 saturated heterocycles. The number of aromatic nitrogens is 1. The van der Waals surface area contributed by atoms with Crippen LogP contribution in [0.2, 0.25) is 5.02 Å². The third-order valence-corrected chi connectivity index (χ3v) is 3.49. The molecule has 1 nitrogen and oxygen atoms in total. The number of nitrogens with zero attached hydrogens (tertiary/aromatic N) is 1. The van der Waals surface area contributed by atoms with E-state index in [0.717, 1.165) is 5.69 Å². The highest BCUT2D eigenvalue weighted by Gasteiger charge is 2.13. The van der Waals surface area contributed by atoms with Gasteiger partial charge in [-0.3, -0.25) is 0 Å². The Kier molecular flexibility index (Phi) is 3.79. The molecule has 0 N–H and O–H groups in total. The van der Waals surface area contributed by atoms with Gasteiger partial charge in [0, 0.05) is 17.7 Å². The maximum absolute atomic E-state index is 13.6. The summed E-state index contributed by atoms with van der Waals surface area (Å²) in [5.74, 6) is 0.160. The van der Waals surface area contributed by atoms with Crippen LogP contribution in [0.25, 0.3) is 10.6 Å². The Morgan fingerprint density at radius 2 is 2.19 bits per heavy atom. The lowest BCUT2D eigenvalue weighted by Crippen LogP contribution is -1.88. The summed E-state index contributed by atoms with van der Waals surface area (Å²) in [6.45, 7) is 0. The van der Waals surface area contributed by atoms with Crippen molar-refractivity contribution in [1.29, 1.82) is 0 Å². The maximum Gasteiger partial charge on any atom is 0.134 e. The van der Waals surface area contributed by atoms with E-state index < -0.39 is 0 Å². The van der Waals surface area contributed by atoms with Gasteiger partial charge in [-0.25, -0.2) is 9.37 Å². The molecule has 0 saturated carbocycles. The molecule has 0 aliphatic heterocycles. The molecule has 0 bridgehead atoms. The second-order valence-corrected chi connectivity index (χ2v) is 4.82. The molecule has 0 fully saturated rings. The molecule has 0 aliphatic rings. The molecule has 0 unspecified atom stereocenters. The first-order valence-corrected chi connectivity index (χ1v) is 6.46. The molecule has 0 atom stereocenters. The lowest BCUT2D eigenvalue weighted by molar-refractivity contribution is 0.631. The zero-order valence-corrected chi connectivity index (χ0v) is 10.5.